The first-order chi connectivity index (χ1) is 8.09. The third-order valence-corrected chi connectivity index (χ3v) is 2.58. The minimum Gasteiger partial charge on any atom is -0.494 e. The zero-order chi connectivity index (χ0) is 12.4. The molecule has 0 fully saturated rings. The second kappa shape index (κ2) is 4.29. The molecule has 0 aliphatic rings. The van der Waals surface area contributed by atoms with Crippen molar-refractivity contribution < 1.29 is 5.11 Å². The third kappa shape index (κ3) is 2.13. The number of hydrogen-bond donors (Lipinski definition) is 2. The first kappa shape index (κ1) is 11.2. The second-order valence-electron chi connectivity index (χ2n) is 3.78. The highest BCUT2D eigenvalue weighted by Crippen LogP contribution is 2.10. The average molecular weight is 232 g/mol. The van der Waals surface area contributed by atoms with E-state index in [0.717, 1.165) is 10.1 Å². The number of aromatic amines is 1. The largest absolute Gasteiger partial charge is 0.494 e. The lowest BCUT2D eigenvalue weighted by Crippen LogP contribution is -2.31. The van der Waals surface area contributed by atoms with Gasteiger partial charge < -0.3 is 5.11 Å². The van der Waals surface area contributed by atoms with Gasteiger partial charge in [-0.05, 0) is 12.5 Å². The van der Waals surface area contributed by atoms with Crippen molar-refractivity contribution in [3.8, 4) is 5.88 Å². The van der Waals surface area contributed by atoms with Crippen molar-refractivity contribution in [2.75, 3.05) is 0 Å². The first-order valence-electron chi connectivity index (χ1n) is 5.16. The summed E-state index contributed by atoms with van der Waals surface area (Å²) in [4.78, 5) is 25.0. The van der Waals surface area contributed by atoms with Crippen LogP contribution in [0.4, 0.5) is 0 Å². The molecule has 1 aromatic heterocycles. The normalized spacial score (nSPS) is 10.4. The van der Waals surface area contributed by atoms with E-state index in [1.807, 2.05) is 30.3 Å². The summed E-state index contributed by atoms with van der Waals surface area (Å²) in [6.45, 7) is 1.69. The summed E-state index contributed by atoms with van der Waals surface area (Å²) < 4.78 is 1.13. The standard InChI is InChI=1S/C12H12N2O3/c1-8-10(15)13-12(17)14(11(8)16)7-9-5-3-2-4-6-9/h2-6,16H,7H2,1H3,(H,13,15,17). The maximum Gasteiger partial charge on any atom is 0.331 e. The molecule has 1 heterocycles. The Balaban J connectivity index is 2.51. The number of rotatable bonds is 2. The molecular formula is C12H12N2O3. The topological polar surface area (TPSA) is 75.1 Å². The molecule has 2 aromatic rings. The van der Waals surface area contributed by atoms with Crippen LogP contribution in [0, 0.1) is 6.92 Å². The van der Waals surface area contributed by atoms with E-state index < -0.39 is 11.2 Å². The van der Waals surface area contributed by atoms with Gasteiger partial charge in [-0.1, -0.05) is 30.3 Å². The van der Waals surface area contributed by atoms with E-state index in [2.05, 4.69) is 4.98 Å². The van der Waals surface area contributed by atoms with Gasteiger partial charge in [0.25, 0.3) is 5.56 Å². The molecule has 0 saturated carbocycles. The Morgan fingerprint density at radius 1 is 1.24 bits per heavy atom. The van der Waals surface area contributed by atoms with Gasteiger partial charge in [-0.3, -0.25) is 14.3 Å². The number of H-pyrrole nitrogens is 1. The molecule has 0 aliphatic heterocycles. The Labute approximate surface area is 97.0 Å². The number of hydrogen-bond acceptors (Lipinski definition) is 3. The fourth-order valence-corrected chi connectivity index (χ4v) is 1.57. The number of aromatic nitrogens is 2. The van der Waals surface area contributed by atoms with E-state index in [0.29, 0.717) is 0 Å². The Bertz CT molecular complexity index is 641. The lowest BCUT2D eigenvalue weighted by molar-refractivity contribution is 0.404. The molecule has 0 bridgehead atoms. The minimum absolute atomic E-state index is 0.139. The van der Waals surface area contributed by atoms with Crippen molar-refractivity contribution in [2.24, 2.45) is 0 Å². The lowest BCUT2D eigenvalue weighted by Gasteiger charge is -2.09. The maximum atomic E-state index is 11.6. The second-order valence-corrected chi connectivity index (χ2v) is 3.78. The van der Waals surface area contributed by atoms with E-state index in [1.165, 1.54) is 6.92 Å². The molecule has 0 saturated heterocycles. The van der Waals surface area contributed by atoms with E-state index in [1.54, 1.807) is 0 Å². The van der Waals surface area contributed by atoms with Gasteiger partial charge in [-0.25, -0.2) is 4.79 Å². The highest BCUT2D eigenvalue weighted by molar-refractivity contribution is 5.23. The molecule has 5 nitrogen and oxygen atoms in total. The van der Waals surface area contributed by atoms with Crippen LogP contribution in [0.15, 0.2) is 39.9 Å². The predicted molar refractivity (Wildman–Crippen MR) is 63.3 cm³/mol. The summed E-state index contributed by atoms with van der Waals surface area (Å²) in [5.74, 6) is -0.289. The summed E-state index contributed by atoms with van der Waals surface area (Å²) in [6.07, 6.45) is 0. The number of benzene rings is 1. The molecule has 0 atom stereocenters. The fourth-order valence-electron chi connectivity index (χ4n) is 1.57. The quantitative estimate of drug-likeness (QED) is 0.796. The monoisotopic (exact) mass is 232 g/mol. The molecule has 0 spiro atoms. The molecule has 2 rings (SSSR count). The Hall–Kier alpha value is -2.30. The van der Waals surface area contributed by atoms with Crippen LogP contribution >= 0.6 is 0 Å². The molecule has 0 unspecified atom stereocenters. The first-order valence-corrected chi connectivity index (χ1v) is 5.16. The van der Waals surface area contributed by atoms with Gasteiger partial charge in [0.2, 0.25) is 5.88 Å². The highest BCUT2D eigenvalue weighted by Gasteiger charge is 2.09. The molecule has 0 radical (unpaired) electrons. The van der Waals surface area contributed by atoms with Gasteiger partial charge in [0.1, 0.15) is 0 Å². The fraction of sp³-hybridized carbons (Fsp3) is 0.167. The summed E-state index contributed by atoms with van der Waals surface area (Å²) in [5.41, 5.74) is -0.157. The smallest absolute Gasteiger partial charge is 0.331 e. The highest BCUT2D eigenvalue weighted by atomic mass is 16.3. The van der Waals surface area contributed by atoms with Gasteiger partial charge in [0.15, 0.2) is 0 Å². The van der Waals surface area contributed by atoms with Crippen molar-refractivity contribution in [1.82, 2.24) is 9.55 Å². The third-order valence-electron chi connectivity index (χ3n) is 2.58. The van der Waals surface area contributed by atoms with E-state index in [4.69, 9.17) is 0 Å². The summed E-state index contributed by atoms with van der Waals surface area (Å²) in [7, 11) is 0. The molecule has 88 valence electrons. The van der Waals surface area contributed by atoms with Crippen molar-refractivity contribution in [3.05, 3.63) is 62.3 Å². The van der Waals surface area contributed by atoms with Crippen molar-refractivity contribution in [3.63, 3.8) is 0 Å². The van der Waals surface area contributed by atoms with Crippen LogP contribution < -0.4 is 11.2 Å². The number of nitrogens with one attached hydrogen (secondary N) is 1. The van der Waals surface area contributed by atoms with Crippen LogP contribution in [-0.2, 0) is 6.54 Å². The molecular weight excluding hydrogens is 220 g/mol. The van der Waals surface area contributed by atoms with Crippen LogP contribution in [0.1, 0.15) is 11.1 Å². The van der Waals surface area contributed by atoms with Crippen LogP contribution in [-0.4, -0.2) is 14.7 Å². The van der Waals surface area contributed by atoms with Crippen LogP contribution in [0.2, 0.25) is 0 Å². The average Bonchev–Trinajstić information content (AvgIpc) is 2.33. The zero-order valence-electron chi connectivity index (χ0n) is 9.30. The number of nitrogens with zero attached hydrogens (tertiary/aromatic N) is 1. The van der Waals surface area contributed by atoms with E-state index >= 15 is 0 Å². The van der Waals surface area contributed by atoms with Crippen LogP contribution in [0.5, 0.6) is 5.88 Å². The van der Waals surface area contributed by atoms with Gasteiger partial charge >= 0.3 is 5.69 Å². The molecule has 0 amide bonds. The van der Waals surface area contributed by atoms with Gasteiger partial charge in [-0.15, -0.1) is 0 Å². The lowest BCUT2D eigenvalue weighted by atomic mass is 10.2. The van der Waals surface area contributed by atoms with Gasteiger partial charge in [0.05, 0.1) is 12.1 Å². The molecule has 17 heavy (non-hydrogen) atoms. The van der Waals surface area contributed by atoms with Crippen LogP contribution in [0.25, 0.3) is 0 Å². The van der Waals surface area contributed by atoms with E-state index in [-0.39, 0.29) is 18.0 Å². The predicted octanol–water partition coefficient (Wildman–Crippen LogP) is 0.599. The van der Waals surface area contributed by atoms with Crippen LogP contribution in [0.3, 0.4) is 0 Å². The molecule has 1 aromatic carbocycles. The Kier molecular flexibility index (Phi) is 2.82. The van der Waals surface area contributed by atoms with Crippen molar-refractivity contribution in [1.29, 1.82) is 0 Å². The Morgan fingerprint density at radius 2 is 1.88 bits per heavy atom. The summed E-state index contributed by atoms with van der Waals surface area (Å²) in [6, 6.07) is 9.23. The van der Waals surface area contributed by atoms with E-state index in [9.17, 15) is 14.7 Å². The zero-order valence-corrected chi connectivity index (χ0v) is 9.30. The minimum atomic E-state index is -0.609. The molecule has 0 aliphatic carbocycles. The van der Waals surface area contributed by atoms with Crippen molar-refractivity contribution >= 4 is 0 Å². The Morgan fingerprint density at radius 3 is 2.53 bits per heavy atom. The summed E-state index contributed by atoms with van der Waals surface area (Å²) >= 11 is 0. The van der Waals surface area contributed by atoms with Gasteiger partial charge in [-0.2, -0.15) is 0 Å². The maximum absolute atomic E-state index is 11.6. The summed E-state index contributed by atoms with van der Waals surface area (Å²) in [5, 5.41) is 9.76. The van der Waals surface area contributed by atoms with Crippen molar-refractivity contribution in [2.45, 2.75) is 13.5 Å². The number of aromatic hydroxyl groups is 1. The van der Waals surface area contributed by atoms with Gasteiger partial charge in [0, 0.05) is 0 Å². The molecule has 5 heteroatoms. The molecule has 2 N–H and O–H groups in total. The SMILES string of the molecule is Cc1c(O)n(Cc2ccccc2)c(=O)[nH]c1=O.